The summed E-state index contributed by atoms with van der Waals surface area (Å²) in [6.45, 7) is 6.29. The molecule has 0 saturated carbocycles. The fraction of sp³-hybridized carbons (Fsp3) is 0.462. The number of nitrogens with two attached hydrogens (primary N) is 1. The molecule has 1 rings (SSSR count). The topological polar surface area (TPSA) is 63.3 Å². The van der Waals surface area contributed by atoms with Gasteiger partial charge in [0.1, 0.15) is 0 Å². The summed E-state index contributed by atoms with van der Waals surface area (Å²) < 4.78 is 0. The zero-order valence-electron chi connectivity index (χ0n) is 10.1. The maximum Gasteiger partial charge on any atom is 0.308 e. The van der Waals surface area contributed by atoms with Crippen LogP contribution in [0.15, 0.2) is 12.1 Å². The molecule has 0 amide bonds. The standard InChI is InChI=1S/C13H19NO2/c1-8-4-10(3)11(5-9(8)2)6-12(7-14)13(15)16/h4-5,12H,6-7,14H2,1-3H3,(H,15,16). The van der Waals surface area contributed by atoms with Crippen LogP contribution < -0.4 is 5.73 Å². The number of aliphatic carboxylic acids is 1. The van der Waals surface area contributed by atoms with Gasteiger partial charge >= 0.3 is 5.97 Å². The van der Waals surface area contributed by atoms with Crippen LogP contribution in [0, 0.1) is 26.7 Å². The van der Waals surface area contributed by atoms with Crippen molar-refractivity contribution in [3.8, 4) is 0 Å². The third-order valence-electron chi connectivity index (χ3n) is 3.05. The fourth-order valence-corrected chi connectivity index (χ4v) is 1.78. The lowest BCUT2D eigenvalue weighted by atomic mass is 9.93. The van der Waals surface area contributed by atoms with E-state index in [-0.39, 0.29) is 6.54 Å². The first-order valence-corrected chi connectivity index (χ1v) is 5.45. The number of carboxylic acids is 1. The lowest BCUT2D eigenvalue weighted by molar-refractivity contribution is -0.141. The van der Waals surface area contributed by atoms with Crippen LogP contribution in [0.1, 0.15) is 22.3 Å². The zero-order valence-corrected chi connectivity index (χ0v) is 10.1. The second kappa shape index (κ2) is 5.12. The first-order valence-electron chi connectivity index (χ1n) is 5.45. The van der Waals surface area contributed by atoms with E-state index < -0.39 is 11.9 Å². The monoisotopic (exact) mass is 221 g/mol. The summed E-state index contributed by atoms with van der Waals surface area (Å²) in [6.07, 6.45) is 0.513. The van der Waals surface area contributed by atoms with Crippen molar-refractivity contribution in [3.05, 3.63) is 34.4 Å². The Labute approximate surface area is 96.3 Å². The van der Waals surface area contributed by atoms with Crippen molar-refractivity contribution in [2.24, 2.45) is 11.7 Å². The van der Waals surface area contributed by atoms with Crippen molar-refractivity contribution < 1.29 is 9.90 Å². The number of carbonyl (C=O) groups is 1. The maximum atomic E-state index is 10.9. The zero-order chi connectivity index (χ0) is 12.3. The van der Waals surface area contributed by atoms with Crippen molar-refractivity contribution in [3.63, 3.8) is 0 Å². The number of hydrogen-bond acceptors (Lipinski definition) is 2. The first kappa shape index (κ1) is 12.7. The highest BCUT2D eigenvalue weighted by atomic mass is 16.4. The second-order valence-electron chi connectivity index (χ2n) is 4.34. The SMILES string of the molecule is Cc1cc(C)c(CC(CN)C(=O)O)cc1C. The van der Waals surface area contributed by atoms with E-state index in [1.54, 1.807) is 0 Å². The molecule has 1 aromatic rings. The molecule has 0 saturated heterocycles. The molecule has 16 heavy (non-hydrogen) atoms. The van der Waals surface area contributed by atoms with Gasteiger partial charge in [-0.05, 0) is 49.4 Å². The Morgan fingerprint density at radius 3 is 2.31 bits per heavy atom. The van der Waals surface area contributed by atoms with Gasteiger partial charge in [0.2, 0.25) is 0 Å². The van der Waals surface area contributed by atoms with Gasteiger partial charge < -0.3 is 10.8 Å². The van der Waals surface area contributed by atoms with Crippen LogP contribution in [0.5, 0.6) is 0 Å². The van der Waals surface area contributed by atoms with Crippen LogP contribution in [0.25, 0.3) is 0 Å². The molecule has 3 N–H and O–H groups in total. The highest BCUT2D eigenvalue weighted by molar-refractivity contribution is 5.70. The highest BCUT2D eigenvalue weighted by Gasteiger charge is 2.17. The van der Waals surface area contributed by atoms with Crippen molar-refractivity contribution >= 4 is 5.97 Å². The number of rotatable bonds is 4. The van der Waals surface area contributed by atoms with Crippen molar-refractivity contribution in [1.82, 2.24) is 0 Å². The largest absolute Gasteiger partial charge is 0.481 e. The van der Waals surface area contributed by atoms with Gasteiger partial charge in [0.15, 0.2) is 0 Å². The smallest absolute Gasteiger partial charge is 0.308 e. The van der Waals surface area contributed by atoms with Gasteiger partial charge in [-0.1, -0.05) is 12.1 Å². The molecule has 88 valence electrons. The van der Waals surface area contributed by atoms with Crippen LogP contribution in [0.2, 0.25) is 0 Å². The number of benzene rings is 1. The second-order valence-corrected chi connectivity index (χ2v) is 4.34. The molecule has 0 aromatic heterocycles. The van der Waals surface area contributed by atoms with Gasteiger partial charge in [0.05, 0.1) is 5.92 Å². The number of carboxylic acid groups (broad SMARTS) is 1. The quantitative estimate of drug-likeness (QED) is 0.815. The molecule has 1 atom stereocenters. The van der Waals surface area contributed by atoms with Crippen molar-refractivity contribution in [1.29, 1.82) is 0 Å². The summed E-state index contributed by atoms with van der Waals surface area (Å²) >= 11 is 0. The van der Waals surface area contributed by atoms with E-state index in [4.69, 9.17) is 10.8 Å². The minimum Gasteiger partial charge on any atom is -0.481 e. The predicted molar refractivity (Wildman–Crippen MR) is 64.5 cm³/mol. The van der Waals surface area contributed by atoms with E-state index in [2.05, 4.69) is 19.1 Å². The Kier molecular flexibility index (Phi) is 4.07. The van der Waals surface area contributed by atoms with E-state index in [9.17, 15) is 4.79 Å². The van der Waals surface area contributed by atoms with Crippen LogP contribution in [0.4, 0.5) is 0 Å². The molecule has 0 radical (unpaired) electrons. The number of hydrogen-bond donors (Lipinski definition) is 2. The summed E-state index contributed by atoms with van der Waals surface area (Å²) in [6, 6.07) is 4.16. The molecule has 0 spiro atoms. The fourth-order valence-electron chi connectivity index (χ4n) is 1.78. The van der Waals surface area contributed by atoms with Crippen LogP contribution in [-0.2, 0) is 11.2 Å². The molecule has 1 unspecified atom stereocenters. The summed E-state index contributed by atoms with van der Waals surface area (Å²) in [4.78, 5) is 10.9. The molecule has 0 aliphatic carbocycles. The van der Waals surface area contributed by atoms with E-state index in [0.717, 1.165) is 11.1 Å². The Morgan fingerprint density at radius 1 is 1.25 bits per heavy atom. The van der Waals surface area contributed by atoms with E-state index in [1.807, 2.05) is 13.8 Å². The molecular weight excluding hydrogens is 202 g/mol. The van der Waals surface area contributed by atoms with Gasteiger partial charge in [-0.25, -0.2) is 0 Å². The van der Waals surface area contributed by atoms with Crippen molar-refractivity contribution in [2.75, 3.05) is 6.54 Å². The third kappa shape index (κ3) is 2.83. The van der Waals surface area contributed by atoms with Gasteiger partial charge in [0, 0.05) is 6.54 Å². The third-order valence-corrected chi connectivity index (χ3v) is 3.05. The van der Waals surface area contributed by atoms with Crippen LogP contribution >= 0.6 is 0 Å². The minimum absolute atomic E-state index is 0.182. The normalized spacial score (nSPS) is 12.5. The van der Waals surface area contributed by atoms with Crippen molar-refractivity contribution in [2.45, 2.75) is 27.2 Å². The molecule has 3 heteroatoms. The van der Waals surface area contributed by atoms with E-state index >= 15 is 0 Å². The average molecular weight is 221 g/mol. The molecule has 0 fully saturated rings. The lowest BCUT2D eigenvalue weighted by Gasteiger charge is -2.13. The van der Waals surface area contributed by atoms with E-state index in [0.29, 0.717) is 6.42 Å². The van der Waals surface area contributed by atoms with E-state index in [1.165, 1.54) is 11.1 Å². The van der Waals surface area contributed by atoms with Gasteiger partial charge in [-0.2, -0.15) is 0 Å². The summed E-state index contributed by atoms with van der Waals surface area (Å²) in [7, 11) is 0. The summed E-state index contributed by atoms with van der Waals surface area (Å²) in [5.74, 6) is -1.30. The first-order chi connectivity index (χ1) is 7.45. The van der Waals surface area contributed by atoms with Crippen LogP contribution in [-0.4, -0.2) is 17.6 Å². The molecule has 0 aliphatic rings. The Hall–Kier alpha value is -1.35. The van der Waals surface area contributed by atoms with Gasteiger partial charge in [-0.3, -0.25) is 4.79 Å². The van der Waals surface area contributed by atoms with Gasteiger partial charge in [-0.15, -0.1) is 0 Å². The molecule has 0 heterocycles. The van der Waals surface area contributed by atoms with Crippen LogP contribution in [0.3, 0.4) is 0 Å². The summed E-state index contributed by atoms with van der Waals surface area (Å²) in [5, 5.41) is 8.97. The Bertz CT molecular complexity index is 399. The summed E-state index contributed by atoms with van der Waals surface area (Å²) in [5.41, 5.74) is 10.1. The molecule has 0 aliphatic heterocycles. The predicted octanol–water partition coefficient (Wildman–Crippen LogP) is 1.81. The Balaban J connectivity index is 2.96. The molecule has 3 nitrogen and oxygen atoms in total. The maximum absolute atomic E-state index is 10.9. The molecule has 1 aromatic carbocycles. The molecule has 0 bridgehead atoms. The Morgan fingerprint density at radius 2 is 1.81 bits per heavy atom. The lowest BCUT2D eigenvalue weighted by Crippen LogP contribution is -2.25. The van der Waals surface area contributed by atoms with Gasteiger partial charge in [0.25, 0.3) is 0 Å². The minimum atomic E-state index is -0.819. The highest BCUT2D eigenvalue weighted by Crippen LogP contribution is 2.18. The average Bonchev–Trinajstić information content (AvgIpc) is 2.21. The molecular formula is C13H19NO2. The number of aryl methyl sites for hydroxylation is 3.